The first kappa shape index (κ1) is 9.05. The molecule has 2 atom stereocenters. The predicted molar refractivity (Wildman–Crippen MR) is 46.8 cm³/mol. The van der Waals surface area contributed by atoms with E-state index in [1.807, 2.05) is 18.2 Å². The smallest absolute Gasteiger partial charge is 0.207 e. The van der Waals surface area contributed by atoms with E-state index in [4.69, 9.17) is 4.89 Å². The monoisotopic (exact) mass is 190 g/mol. The van der Waals surface area contributed by atoms with Crippen molar-refractivity contribution < 1.29 is 14.1 Å². The van der Waals surface area contributed by atoms with Crippen molar-refractivity contribution in [3.05, 3.63) is 30.3 Å². The Morgan fingerprint density at radius 1 is 1.27 bits per heavy atom. The second kappa shape index (κ2) is 4.76. The Balaban J connectivity index is 2.61. The van der Waals surface area contributed by atoms with Gasteiger partial charge in [-0.05, 0) is 12.1 Å². The fourth-order valence-corrected chi connectivity index (χ4v) is 1.81. The number of rotatable bonds is 3. The van der Waals surface area contributed by atoms with Crippen molar-refractivity contribution >= 4 is 22.7 Å². The molecule has 0 saturated heterocycles. The third-order valence-corrected chi connectivity index (χ3v) is 2.86. The molecule has 0 aliphatic carbocycles. The first-order valence-corrected chi connectivity index (χ1v) is 5.01. The van der Waals surface area contributed by atoms with Gasteiger partial charge in [-0.3, -0.25) is 4.31 Å². The number of hydrogen-bond donors (Lipinski definition) is 2. The lowest BCUT2D eigenvalue weighted by Gasteiger charge is -2.06. The van der Waals surface area contributed by atoms with E-state index in [0.29, 0.717) is 5.30 Å². The van der Waals surface area contributed by atoms with Gasteiger partial charge in [0.2, 0.25) is 8.38 Å². The molecule has 2 unspecified atom stereocenters. The maximum absolute atomic E-state index is 9.21. The van der Waals surface area contributed by atoms with Gasteiger partial charge in [-0.25, -0.2) is 0 Å². The molecule has 2 N–H and O–H groups in total. The van der Waals surface area contributed by atoms with E-state index >= 15 is 0 Å². The molecule has 0 spiro atoms. The van der Waals surface area contributed by atoms with Crippen molar-refractivity contribution in [1.82, 2.24) is 0 Å². The molecular weight excluding hydrogens is 182 g/mol. The minimum atomic E-state index is -1.61. The predicted octanol–water partition coefficient (Wildman–Crippen LogP) is 1.13. The summed E-state index contributed by atoms with van der Waals surface area (Å²) in [4.78, 5) is 17.6. The highest BCUT2D eigenvalue weighted by Crippen LogP contribution is 2.36. The highest BCUT2D eigenvalue weighted by atomic mass is 31.2. The third-order valence-electron chi connectivity index (χ3n) is 1.10. The molecule has 11 heavy (non-hydrogen) atoms. The first-order valence-electron chi connectivity index (χ1n) is 2.94. The van der Waals surface area contributed by atoms with Crippen LogP contribution in [0.25, 0.3) is 0 Å². The van der Waals surface area contributed by atoms with Crippen molar-refractivity contribution in [1.29, 1.82) is 0 Å². The van der Waals surface area contributed by atoms with E-state index in [9.17, 15) is 4.89 Å². The Morgan fingerprint density at radius 2 is 1.91 bits per heavy atom. The second-order valence-electron chi connectivity index (χ2n) is 1.79. The second-order valence-corrected chi connectivity index (χ2v) is 3.77. The summed E-state index contributed by atoms with van der Waals surface area (Å²) < 4.78 is 4.63. The molecule has 0 heterocycles. The average Bonchev–Trinajstić information content (AvgIpc) is 2.07. The zero-order valence-electron chi connectivity index (χ0n) is 5.64. The Labute approximate surface area is 67.9 Å². The van der Waals surface area contributed by atoms with E-state index in [1.165, 1.54) is 0 Å². The van der Waals surface area contributed by atoms with Gasteiger partial charge >= 0.3 is 0 Å². The quantitative estimate of drug-likeness (QED) is 0.702. The Morgan fingerprint density at radius 3 is 2.45 bits per heavy atom. The van der Waals surface area contributed by atoms with Crippen molar-refractivity contribution in [2.45, 2.75) is 0 Å². The SMILES string of the molecule is OPOP(O)c1ccccc1. The molecule has 0 amide bonds. The zero-order chi connectivity index (χ0) is 8.10. The van der Waals surface area contributed by atoms with E-state index in [2.05, 4.69) is 4.31 Å². The molecule has 1 aromatic carbocycles. The summed E-state index contributed by atoms with van der Waals surface area (Å²) in [5, 5.41) is 0.712. The molecule has 0 aliphatic heterocycles. The lowest BCUT2D eigenvalue weighted by molar-refractivity contribution is 0.485. The maximum Gasteiger partial charge on any atom is 0.207 e. The maximum atomic E-state index is 9.21. The largest absolute Gasteiger partial charge is 0.352 e. The van der Waals surface area contributed by atoms with E-state index in [0.717, 1.165) is 0 Å². The van der Waals surface area contributed by atoms with Gasteiger partial charge in [0.15, 0.2) is 9.03 Å². The fraction of sp³-hybridized carbons (Fsp3) is 0. The van der Waals surface area contributed by atoms with Crippen LogP contribution in [0.2, 0.25) is 0 Å². The van der Waals surface area contributed by atoms with Crippen molar-refractivity contribution in [2.75, 3.05) is 0 Å². The van der Waals surface area contributed by atoms with Gasteiger partial charge in [0.1, 0.15) is 0 Å². The summed E-state index contributed by atoms with van der Waals surface area (Å²) >= 11 is 0. The van der Waals surface area contributed by atoms with Crippen molar-refractivity contribution in [3.8, 4) is 0 Å². The minimum Gasteiger partial charge on any atom is -0.352 e. The molecule has 1 rings (SSSR count). The molecule has 0 bridgehead atoms. The number of hydrogen-bond acceptors (Lipinski definition) is 3. The van der Waals surface area contributed by atoms with Gasteiger partial charge in [-0.1, -0.05) is 18.2 Å². The van der Waals surface area contributed by atoms with Gasteiger partial charge in [-0.15, -0.1) is 0 Å². The minimum absolute atomic E-state index is 0.658. The van der Waals surface area contributed by atoms with Crippen LogP contribution < -0.4 is 5.30 Å². The lowest BCUT2D eigenvalue weighted by atomic mass is 10.4. The summed E-state index contributed by atoms with van der Waals surface area (Å²) in [6.07, 6.45) is 0. The van der Waals surface area contributed by atoms with Crippen LogP contribution in [0.3, 0.4) is 0 Å². The summed E-state index contributed by atoms with van der Waals surface area (Å²) in [7, 11) is -2.27. The lowest BCUT2D eigenvalue weighted by Crippen LogP contribution is -1.97. The van der Waals surface area contributed by atoms with Crippen molar-refractivity contribution in [3.63, 3.8) is 0 Å². The van der Waals surface area contributed by atoms with Gasteiger partial charge in [0, 0.05) is 5.30 Å². The van der Waals surface area contributed by atoms with E-state index < -0.39 is 17.4 Å². The molecule has 0 aromatic heterocycles. The molecule has 60 valence electrons. The Kier molecular flexibility index (Phi) is 3.92. The van der Waals surface area contributed by atoms with Crippen molar-refractivity contribution in [2.24, 2.45) is 0 Å². The molecule has 3 nitrogen and oxygen atoms in total. The summed E-state index contributed by atoms with van der Waals surface area (Å²) in [6, 6.07) is 8.99. The molecule has 0 saturated carbocycles. The zero-order valence-corrected chi connectivity index (χ0v) is 7.53. The van der Waals surface area contributed by atoms with Crippen LogP contribution in [0, 0.1) is 0 Å². The summed E-state index contributed by atoms with van der Waals surface area (Å²) in [6.45, 7) is 0. The summed E-state index contributed by atoms with van der Waals surface area (Å²) in [5.41, 5.74) is 0. The van der Waals surface area contributed by atoms with Gasteiger partial charge in [0.25, 0.3) is 0 Å². The molecule has 1 aromatic rings. The van der Waals surface area contributed by atoms with Crippen LogP contribution in [0.1, 0.15) is 0 Å². The van der Waals surface area contributed by atoms with Crippen LogP contribution in [0.4, 0.5) is 0 Å². The highest BCUT2D eigenvalue weighted by Gasteiger charge is 2.06. The highest BCUT2D eigenvalue weighted by molar-refractivity contribution is 7.60. The van der Waals surface area contributed by atoms with Crippen LogP contribution >= 0.6 is 17.4 Å². The normalized spacial score (nSPS) is 14.0. The molecular formula is C6H8O3P2. The standard InChI is InChI=1S/C6H8O3P2/c7-10-9-11(8)6-4-2-1-3-5-6/h1-5,7-8,10H. The third kappa shape index (κ3) is 2.82. The van der Waals surface area contributed by atoms with E-state index in [-0.39, 0.29) is 0 Å². The number of benzene rings is 1. The Hall–Kier alpha value is -0.0400. The van der Waals surface area contributed by atoms with Crippen LogP contribution in [-0.2, 0) is 4.31 Å². The van der Waals surface area contributed by atoms with Crippen LogP contribution in [0.15, 0.2) is 30.3 Å². The Bertz CT molecular complexity index is 204. The topological polar surface area (TPSA) is 49.7 Å². The van der Waals surface area contributed by atoms with Gasteiger partial charge in [-0.2, -0.15) is 0 Å². The average molecular weight is 190 g/mol. The van der Waals surface area contributed by atoms with Gasteiger partial charge in [0.05, 0.1) is 0 Å². The van der Waals surface area contributed by atoms with Crippen LogP contribution in [0.5, 0.6) is 0 Å². The van der Waals surface area contributed by atoms with E-state index in [1.54, 1.807) is 12.1 Å². The molecule has 0 radical (unpaired) electrons. The van der Waals surface area contributed by atoms with Crippen LogP contribution in [-0.4, -0.2) is 9.79 Å². The first-order chi connectivity index (χ1) is 5.34. The molecule has 5 heteroatoms. The van der Waals surface area contributed by atoms with Gasteiger partial charge < -0.3 is 9.79 Å². The summed E-state index contributed by atoms with van der Waals surface area (Å²) in [5.74, 6) is 0. The molecule has 0 fully saturated rings. The molecule has 0 aliphatic rings. The fourth-order valence-electron chi connectivity index (χ4n) is 0.647.